The average Bonchev–Trinajstić information content (AvgIpc) is 2.83. The average molecular weight is 327 g/mol. The van der Waals surface area contributed by atoms with Gasteiger partial charge in [0, 0.05) is 0 Å². The lowest BCUT2D eigenvalue weighted by Crippen LogP contribution is -2.39. The number of aromatic carboxylic acids is 1. The first kappa shape index (κ1) is 16.3. The van der Waals surface area contributed by atoms with E-state index < -0.39 is 27.0 Å². The molecule has 1 heterocycles. The number of carboxylic acid groups (broad SMARTS) is 1. The molecular formula is C14H17NO6S. The molecule has 0 aromatic heterocycles. The third-order valence-corrected chi connectivity index (χ3v) is 5.57. The second-order valence-electron chi connectivity index (χ2n) is 4.97. The largest absolute Gasteiger partial charge is 0.492 e. The maximum Gasteiger partial charge on any atom is 0.335 e. The minimum Gasteiger partial charge on any atom is -0.492 e. The van der Waals surface area contributed by atoms with E-state index >= 15 is 0 Å². The van der Waals surface area contributed by atoms with Crippen molar-refractivity contribution in [3.63, 3.8) is 0 Å². The van der Waals surface area contributed by atoms with E-state index in [-0.39, 0.29) is 24.5 Å². The van der Waals surface area contributed by atoms with Crippen molar-refractivity contribution >= 4 is 21.7 Å². The molecular weight excluding hydrogens is 310 g/mol. The first-order valence-corrected chi connectivity index (χ1v) is 8.57. The Labute approximate surface area is 128 Å². The molecule has 1 amide bonds. The van der Waals surface area contributed by atoms with Gasteiger partial charge >= 0.3 is 5.97 Å². The van der Waals surface area contributed by atoms with Gasteiger partial charge in [0.05, 0.1) is 17.9 Å². The van der Waals surface area contributed by atoms with Crippen molar-refractivity contribution in [1.29, 1.82) is 0 Å². The van der Waals surface area contributed by atoms with Crippen molar-refractivity contribution in [2.45, 2.75) is 18.1 Å². The molecule has 0 saturated carbocycles. The number of rotatable bonds is 6. The summed E-state index contributed by atoms with van der Waals surface area (Å²) < 4.78 is 28.6. The number of ether oxygens (including phenoxy) is 1. The van der Waals surface area contributed by atoms with Crippen LogP contribution in [0.3, 0.4) is 0 Å². The molecule has 0 bridgehead atoms. The van der Waals surface area contributed by atoms with E-state index in [1.165, 1.54) is 24.3 Å². The molecule has 2 N–H and O–H groups in total. The predicted molar refractivity (Wildman–Crippen MR) is 78.7 cm³/mol. The van der Waals surface area contributed by atoms with Gasteiger partial charge in [-0.2, -0.15) is 0 Å². The summed E-state index contributed by atoms with van der Waals surface area (Å²) in [6.45, 7) is 0.358. The fourth-order valence-electron chi connectivity index (χ4n) is 2.24. The number of hydrogen-bond donors (Lipinski definition) is 2. The Hall–Kier alpha value is -2.09. The molecule has 7 nitrogen and oxygen atoms in total. The standard InChI is InChI=1S/C14H17NO6S/c16-13(12-2-1-9-22(12,19)20)15-7-8-21-11-5-3-10(4-6-11)14(17)18/h3-6,12H,1-2,7-9H2,(H,15,16)(H,17,18). The first-order valence-electron chi connectivity index (χ1n) is 6.85. The van der Waals surface area contributed by atoms with Crippen LogP contribution in [0.2, 0.25) is 0 Å². The Morgan fingerprint density at radius 1 is 1.27 bits per heavy atom. The molecule has 2 rings (SSSR count). The Morgan fingerprint density at radius 3 is 2.50 bits per heavy atom. The van der Waals surface area contributed by atoms with Gasteiger partial charge in [-0.25, -0.2) is 13.2 Å². The van der Waals surface area contributed by atoms with Crippen LogP contribution in [0.4, 0.5) is 0 Å². The number of nitrogens with one attached hydrogen (secondary N) is 1. The first-order chi connectivity index (χ1) is 10.4. The second-order valence-corrected chi connectivity index (χ2v) is 7.27. The van der Waals surface area contributed by atoms with Crippen LogP contribution in [-0.2, 0) is 14.6 Å². The van der Waals surface area contributed by atoms with E-state index in [1.807, 2.05) is 0 Å². The summed E-state index contributed by atoms with van der Waals surface area (Å²) in [5.41, 5.74) is 0.159. The normalized spacial score (nSPS) is 19.5. The number of carbonyl (C=O) groups is 2. The highest BCUT2D eigenvalue weighted by atomic mass is 32.2. The van der Waals surface area contributed by atoms with Gasteiger partial charge in [0.2, 0.25) is 5.91 Å². The molecule has 8 heteroatoms. The summed E-state index contributed by atoms with van der Waals surface area (Å²) in [5, 5.41) is 10.4. The molecule has 22 heavy (non-hydrogen) atoms. The van der Waals surface area contributed by atoms with Crippen LogP contribution in [-0.4, -0.2) is 49.6 Å². The highest BCUT2D eigenvalue weighted by Gasteiger charge is 2.36. The van der Waals surface area contributed by atoms with Crippen LogP contribution in [0, 0.1) is 0 Å². The molecule has 1 fully saturated rings. The van der Waals surface area contributed by atoms with Crippen molar-refractivity contribution in [2.75, 3.05) is 18.9 Å². The van der Waals surface area contributed by atoms with E-state index in [0.29, 0.717) is 18.6 Å². The molecule has 1 aliphatic heterocycles. The molecule has 1 atom stereocenters. The second kappa shape index (κ2) is 6.78. The molecule has 0 radical (unpaired) electrons. The van der Waals surface area contributed by atoms with Crippen molar-refractivity contribution in [2.24, 2.45) is 0 Å². The van der Waals surface area contributed by atoms with Crippen LogP contribution in [0.15, 0.2) is 24.3 Å². The maximum absolute atomic E-state index is 11.8. The molecule has 120 valence electrons. The van der Waals surface area contributed by atoms with Crippen molar-refractivity contribution in [3.05, 3.63) is 29.8 Å². The van der Waals surface area contributed by atoms with Crippen molar-refractivity contribution in [1.82, 2.24) is 5.32 Å². The van der Waals surface area contributed by atoms with Gasteiger partial charge < -0.3 is 15.2 Å². The van der Waals surface area contributed by atoms with E-state index in [2.05, 4.69) is 5.32 Å². The summed E-state index contributed by atoms with van der Waals surface area (Å²) in [5.74, 6) is -0.955. The van der Waals surface area contributed by atoms with Gasteiger partial charge in [-0.3, -0.25) is 4.79 Å². The van der Waals surface area contributed by atoms with Crippen LogP contribution in [0.25, 0.3) is 0 Å². The summed E-state index contributed by atoms with van der Waals surface area (Å²) in [6, 6.07) is 5.88. The fourth-order valence-corrected chi connectivity index (χ4v) is 4.03. The Balaban J connectivity index is 1.75. The molecule has 1 aromatic carbocycles. The van der Waals surface area contributed by atoms with E-state index in [9.17, 15) is 18.0 Å². The number of sulfone groups is 1. The highest BCUT2D eigenvalue weighted by Crippen LogP contribution is 2.19. The topological polar surface area (TPSA) is 110 Å². The van der Waals surface area contributed by atoms with Gasteiger partial charge in [0.15, 0.2) is 9.84 Å². The molecule has 1 saturated heterocycles. The summed E-state index contributed by atoms with van der Waals surface area (Å²) in [4.78, 5) is 22.5. The highest BCUT2D eigenvalue weighted by molar-refractivity contribution is 7.93. The van der Waals surface area contributed by atoms with Crippen LogP contribution < -0.4 is 10.1 Å². The number of carbonyl (C=O) groups excluding carboxylic acids is 1. The minimum absolute atomic E-state index is 0.0670. The zero-order valence-electron chi connectivity index (χ0n) is 11.8. The Morgan fingerprint density at radius 2 is 1.95 bits per heavy atom. The SMILES string of the molecule is O=C(O)c1ccc(OCCNC(=O)C2CCCS2(=O)=O)cc1. The summed E-state index contributed by atoms with van der Waals surface area (Å²) >= 11 is 0. The van der Waals surface area contributed by atoms with Crippen molar-refractivity contribution < 1.29 is 27.9 Å². The van der Waals surface area contributed by atoms with Gasteiger partial charge in [0.25, 0.3) is 0 Å². The third-order valence-electron chi connectivity index (χ3n) is 3.39. The summed E-state index contributed by atoms with van der Waals surface area (Å²) in [6.07, 6.45) is 0.887. The van der Waals surface area contributed by atoms with Gasteiger partial charge in [-0.1, -0.05) is 0 Å². The zero-order chi connectivity index (χ0) is 16.2. The van der Waals surface area contributed by atoms with E-state index in [4.69, 9.17) is 9.84 Å². The van der Waals surface area contributed by atoms with Crippen LogP contribution in [0.5, 0.6) is 5.75 Å². The zero-order valence-corrected chi connectivity index (χ0v) is 12.6. The number of benzene rings is 1. The molecule has 0 spiro atoms. The van der Waals surface area contributed by atoms with Gasteiger partial charge in [0.1, 0.15) is 17.6 Å². The monoisotopic (exact) mass is 327 g/mol. The third kappa shape index (κ3) is 3.97. The van der Waals surface area contributed by atoms with Crippen LogP contribution in [0.1, 0.15) is 23.2 Å². The Kier molecular flexibility index (Phi) is 5.02. The smallest absolute Gasteiger partial charge is 0.335 e. The van der Waals surface area contributed by atoms with Crippen molar-refractivity contribution in [3.8, 4) is 5.75 Å². The summed E-state index contributed by atoms with van der Waals surface area (Å²) in [7, 11) is -3.30. The van der Waals surface area contributed by atoms with E-state index in [1.54, 1.807) is 0 Å². The molecule has 1 aliphatic rings. The van der Waals surface area contributed by atoms with Crippen LogP contribution >= 0.6 is 0 Å². The molecule has 0 aliphatic carbocycles. The molecule has 1 unspecified atom stereocenters. The lowest BCUT2D eigenvalue weighted by Gasteiger charge is -2.11. The number of hydrogen-bond acceptors (Lipinski definition) is 5. The number of amides is 1. The quantitative estimate of drug-likeness (QED) is 0.735. The minimum atomic E-state index is -3.30. The fraction of sp³-hybridized carbons (Fsp3) is 0.429. The predicted octanol–water partition coefficient (Wildman–Crippen LogP) is 0.457. The Bertz CT molecular complexity index is 652. The maximum atomic E-state index is 11.8. The van der Waals surface area contributed by atoms with Gasteiger partial charge in [-0.05, 0) is 37.1 Å². The lowest BCUT2D eigenvalue weighted by molar-refractivity contribution is -0.120. The van der Waals surface area contributed by atoms with E-state index in [0.717, 1.165) is 0 Å². The lowest BCUT2D eigenvalue weighted by atomic mass is 10.2. The van der Waals surface area contributed by atoms with Gasteiger partial charge in [-0.15, -0.1) is 0 Å². The number of carboxylic acids is 1. The molecule has 1 aromatic rings.